The van der Waals surface area contributed by atoms with Crippen LogP contribution in [-0.4, -0.2) is 9.55 Å². The van der Waals surface area contributed by atoms with Gasteiger partial charge in [0, 0.05) is 27.6 Å². The highest BCUT2D eigenvalue weighted by atomic mass is 32.1. The van der Waals surface area contributed by atoms with Crippen LogP contribution in [0.25, 0.3) is 53.9 Å². The van der Waals surface area contributed by atoms with Gasteiger partial charge in [-0.1, -0.05) is 42.5 Å². The summed E-state index contributed by atoms with van der Waals surface area (Å²) in [6, 6.07) is 35.3. The molecule has 6 aromatic rings. The molecule has 1 aliphatic rings. The van der Waals surface area contributed by atoms with E-state index in [0.717, 1.165) is 59.4 Å². The van der Waals surface area contributed by atoms with Gasteiger partial charge in [0.1, 0.15) is 5.01 Å². The fourth-order valence-electron chi connectivity index (χ4n) is 5.48. The standard InChI is InChI=1S/C34H19N5S/c35-18-21-9-12-29-28-5-1-3-7-31(28)39(32(29)13-21)27-16-24(22-10-11-23(19-36)26(14-22)20-37)15-25(17-27)34-38-30-6-2-4-8-33(30)40-34/h1-10,12-17,23H,11H2. The highest BCUT2D eigenvalue weighted by Crippen LogP contribution is 2.38. The molecular formula is C34H19N5S. The third-order valence-corrected chi connectivity index (χ3v) is 8.48. The van der Waals surface area contributed by atoms with E-state index in [9.17, 15) is 15.8 Å². The molecule has 0 spiro atoms. The van der Waals surface area contributed by atoms with Crippen molar-refractivity contribution in [3.05, 3.63) is 114 Å². The predicted molar refractivity (Wildman–Crippen MR) is 160 cm³/mol. The Morgan fingerprint density at radius 1 is 0.800 bits per heavy atom. The lowest BCUT2D eigenvalue weighted by Crippen LogP contribution is -2.04. The number of nitriles is 3. The fourth-order valence-corrected chi connectivity index (χ4v) is 6.43. The van der Waals surface area contributed by atoms with Gasteiger partial charge in [0.05, 0.1) is 50.9 Å². The Hall–Kier alpha value is -5.48. The first-order chi connectivity index (χ1) is 19.7. The van der Waals surface area contributed by atoms with Crippen LogP contribution in [0, 0.1) is 39.9 Å². The molecule has 0 saturated heterocycles. The number of fused-ring (bicyclic) bond motifs is 4. The Labute approximate surface area is 234 Å². The molecule has 0 saturated carbocycles. The van der Waals surface area contributed by atoms with E-state index in [1.807, 2.05) is 60.7 Å². The number of thiazole rings is 1. The van der Waals surface area contributed by atoms with Crippen LogP contribution in [0.3, 0.4) is 0 Å². The summed E-state index contributed by atoms with van der Waals surface area (Å²) < 4.78 is 3.31. The second kappa shape index (κ2) is 9.37. The summed E-state index contributed by atoms with van der Waals surface area (Å²) in [5, 5.41) is 32.0. The van der Waals surface area contributed by atoms with Gasteiger partial charge in [0.25, 0.3) is 0 Å². The van der Waals surface area contributed by atoms with Gasteiger partial charge < -0.3 is 4.57 Å². The fraction of sp³-hybridized carbons (Fsp3) is 0.0588. The minimum atomic E-state index is -0.428. The van der Waals surface area contributed by atoms with Crippen molar-refractivity contribution in [3.63, 3.8) is 0 Å². The molecule has 5 nitrogen and oxygen atoms in total. The first-order valence-electron chi connectivity index (χ1n) is 12.8. The molecule has 0 bridgehead atoms. The molecule has 40 heavy (non-hydrogen) atoms. The Balaban J connectivity index is 1.52. The first kappa shape index (κ1) is 23.6. The molecule has 2 aromatic heterocycles. The topological polar surface area (TPSA) is 89.2 Å². The van der Waals surface area contributed by atoms with Crippen LogP contribution in [0.4, 0.5) is 0 Å². The third kappa shape index (κ3) is 3.77. The number of allylic oxidation sites excluding steroid dienone is 4. The summed E-state index contributed by atoms with van der Waals surface area (Å²) in [7, 11) is 0. The minimum absolute atomic E-state index is 0.428. The van der Waals surface area contributed by atoms with Crippen LogP contribution in [0.5, 0.6) is 0 Å². The largest absolute Gasteiger partial charge is 0.309 e. The lowest BCUT2D eigenvalue weighted by atomic mass is 9.87. The van der Waals surface area contributed by atoms with E-state index in [1.54, 1.807) is 11.3 Å². The van der Waals surface area contributed by atoms with Crippen molar-refractivity contribution in [3.8, 4) is 34.5 Å². The van der Waals surface area contributed by atoms with Gasteiger partial charge in [0.15, 0.2) is 0 Å². The van der Waals surface area contributed by atoms with E-state index in [0.29, 0.717) is 17.6 Å². The molecule has 0 radical (unpaired) electrons. The lowest BCUT2D eigenvalue weighted by Gasteiger charge is -2.17. The van der Waals surface area contributed by atoms with Gasteiger partial charge in [0.2, 0.25) is 0 Å². The van der Waals surface area contributed by atoms with Crippen molar-refractivity contribution >= 4 is 48.9 Å². The number of para-hydroxylation sites is 2. The average molecular weight is 530 g/mol. The SMILES string of the molecule is N#CC1=CC(c2cc(-c3nc4ccccc4s3)cc(-n3c4ccccc4c4ccc(C#N)cc43)c2)=CCC1C#N. The highest BCUT2D eigenvalue weighted by molar-refractivity contribution is 7.21. The van der Waals surface area contributed by atoms with Crippen molar-refractivity contribution in [1.82, 2.24) is 9.55 Å². The van der Waals surface area contributed by atoms with Gasteiger partial charge in [-0.05, 0) is 72.2 Å². The quantitative estimate of drug-likeness (QED) is 0.231. The van der Waals surface area contributed by atoms with Gasteiger partial charge in [-0.15, -0.1) is 11.3 Å². The Kier molecular flexibility index (Phi) is 5.53. The van der Waals surface area contributed by atoms with Crippen LogP contribution in [0.2, 0.25) is 0 Å². The van der Waals surface area contributed by atoms with E-state index >= 15 is 0 Å². The van der Waals surface area contributed by atoms with Gasteiger partial charge in [-0.3, -0.25) is 0 Å². The van der Waals surface area contributed by atoms with E-state index in [-0.39, 0.29) is 0 Å². The van der Waals surface area contributed by atoms with Crippen LogP contribution in [0.1, 0.15) is 17.5 Å². The highest BCUT2D eigenvalue weighted by Gasteiger charge is 2.20. The smallest absolute Gasteiger partial charge is 0.124 e. The maximum atomic E-state index is 9.73. The Morgan fingerprint density at radius 2 is 1.60 bits per heavy atom. The number of hydrogen-bond donors (Lipinski definition) is 0. The Bertz CT molecular complexity index is 2160. The molecule has 6 heteroatoms. The molecule has 1 aliphatic carbocycles. The normalized spacial score (nSPS) is 14.9. The number of benzene rings is 4. The molecule has 0 aliphatic heterocycles. The summed E-state index contributed by atoms with van der Waals surface area (Å²) in [6.45, 7) is 0. The summed E-state index contributed by atoms with van der Waals surface area (Å²) >= 11 is 1.64. The molecule has 0 amide bonds. The summed E-state index contributed by atoms with van der Waals surface area (Å²) in [5.74, 6) is -0.428. The maximum absolute atomic E-state index is 9.73. The van der Waals surface area contributed by atoms with E-state index < -0.39 is 5.92 Å². The molecule has 1 unspecified atom stereocenters. The Morgan fingerprint density at radius 3 is 2.42 bits per heavy atom. The molecule has 4 aromatic carbocycles. The van der Waals surface area contributed by atoms with Crippen molar-refractivity contribution < 1.29 is 0 Å². The van der Waals surface area contributed by atoms with Crippen molar-refractivity contribution in [2.24, 2.45) is 5.92 Å². The zero-order valence-electron chi connectivity index (χ0n) is 21.2. The van der Waals surface area contributed by atoms with Gasteiger partial charge >= 0.3 is 0 Å². The lowest BCUT2D eigenvalue weighted by molar-refractivity contribution is 0.807. The summed E-state index contributed by atoms with van der Waals surface area (Å²) in [4.78, 5) is 4.94. The number of hydrogen-bond acceptors (Lipinski definition) is 5. The first-order valence-corrected chi connectivity index (χ1v) is 13.6. The monoisotopic (exact) mass is 529 g/mol. The predicted octanol–water partition coefficient (Wildman–Crippen LogP) is 8.31. The zero-order valence-corrected chi connectivity index (χ0v) is 22.0. The van der Waals surface area contributed by atoms with Crippen LogP contribution in [-0.2, 0) is 0 Å². The minimum Gasteiger partial charge on any atom is -0.309 e. The second-order valence-electron chi connectivity index (χ2n) is 9.74. The number of aromatic nitrogens is 2. The number of nitrogens with zero attached hydrogens (tertiary/aromatic N) is 5. The average Bonchev–Trinajstić information content (AvgIpc) is 3.59. The molecule has 1 atom stereocenters. The molecule has 0 fully saturated rings. The molecule has 0 N–H and O–H groups in total. The molecule has 186 valence electrons. The maximum Gasteiger partial charge on any atom is 0.124 e. The van der Waals surface area contributed by atoms with Gasteiger partial charge in [-0.25, -0.2) is 4.98 Å². The van der Waals surface area contributed by atoms with Gasteiger partial charge in [-0.2, -0.15) is 15.8 Å². The molecule has 7 rings (SSSR count). The van der Waals surface area contributed by atoms with Crippen molar-refractivity contribution in [1.29, 1.82) is 15.8 Å². The summed E-state index contributed by atoms with van der Waals surface area (Å²) in [5.41, 5.74) is 7.75. The third-order valence-electron chi connectivity index (χ3n) is 7.40. The molecule has 2 heterocycles. The van der Waals surface area contributed by atoms with E-state index in [4.69, 9.17) is 4.98 Å². The van der Waals surface area contributed by atoms with Crippen LogP contribution in [0.15, 0.2) is 103 Å². The zero-order chi connectivity index (χ0) is 27.2. The van der Waals surface area contributed by atoms with E-state index in [2.05, 4.69) is 59.2 Å². The number of rotatable bonds is 3. The van der Waals surface area contributed by atoms with Crippen LogP contribution >= 0.6 is 11.3 Å². The molecular weight excluding hydrogens is 510 g/mol. The summed E-state index contributed by atoms with van der Waals surface area (Å²) in [6.07, 6.45) is 4.36. The second-order valence-corrected chi connectivity index (χ2v) is 10.8. The van der Waals surface area contributed by atoms with E-state index in [1.165, 1.54) is 0 Å². The van der Waals surface area contributed by atoms with Crippen molar-refractivity contribution in [2.75, 3.05) is 0 Å². The van der Waals surface area contributed by atoms with Crippen LogP contribution < -0.4 is 0 Å². The van der Waals surface area contributed by atoms with Crippen molar-refractivity contribution in [2.45, 2.75) is 6.42 Å².